The van der Waals surface area contributed by atoms with Gasteiger partial charge >= 0.3 is 0 Å². The molecule has 1 aromatic heterocycles. The SMILES string of the molecule is CNC(C)(CO)CCSc1ncnn1C. The number of nitrogens with zero attached hydrogens (tertiary/aromatic N) is 3. The maximum atomic E-state index is 9.19. The van der Waals surface area contributed by atoms with Crippen molar-refractivity contribution in [2.75, 3.05) is 19.4 Å². The number of aliphatic hydroxyl groups is 1. The molecule has 1 heterocycles. The number of rotatable bonds is 6. The quantitative estimate of drug-likeness (QED) is 0.687. The van der Waals surface area contributed by atoms with E-state index in [1.54, 1.807) is 22.8 Å². The molecular weight excluding hydrogens is 212 g/mol. The Labute approximate surface area is 94.3 Å². The second kappa shape index (κ2) is 5.48. The number of nitrogens with one attached hydrogen (secondary N) is 1. The minimum Gasteiger partial charge on any atom is -0.394 e. The lowest BCUT2D eigenvalue weighted by atomic mass is 10.0. The van der Waals surface area contributed by atoms with Crippen LogP contribution in [0.5, 0.6) is 0 Å². The normalized spacial score (nSPS) is 15.2. The number of hydrogen-bond donors (Lipinski definition) is 2. The Hall–Kier alpha value is -0.590. The lowest BCUT2D eigenvalue weighted by Gasteiger charge is -2.26. The predicted molar refractivity (Wildman–Crippen MR) is 60.9 cm³/mol. The molecule has 0 saturated carbocycles. The van der Waals surface area contributed by atoms with Crippen molar-refractivity contribution in [3.8, 4) is 0 Å². The summed E-state index contributed by atoms with van der Waals surface area (Å²) in [5.74, 6) is 0.907. The summed E-state index contributed by atoms with van der Waals surface area (Å²) in [6.45, 7) is 2.15. The first-order chi connectivity index (χ1) is 7.11. The summed E-state index contributed by atoms with van der Waals surface area (Å²) in [6.07, 6.45) is 2.43. The molecule has 2 N–H and O–H groups in total. The molecule has 0 fully saturated rings. The third-order valence-corrected chi connectivity index (χ3v) is 3.54. The van der Waals surface area contributed by atoms with Gasteiger partial charge in [0, 0.05) is 18.3 Å². The molecule has 1 atom stereocenters. The van der Waals surface area contributed by atoms with Crippen LogP contribution in [0.3, 0.4) is 0 Å². The maximum absolute atomic E-state index is 9.19. The van der Waals surface area contributed by atoms with Crippen LogP contribution in [-0.4, -0.2) is 44.8 Å². The highest BCUT2D eigenvalue weighted by atomic mass is 32.2. The Bertz CT molecular complexity index is 298. The molecule has 0 amide bonds. The van der Waals surface area contributed by atoms with Crippen molar-refractivity contribution in [1.29, 1.82) is 0 Å². The van der Waals surface area contributed by atoms with Crippen LogP contribution in [0.1, 0.15) is 13.3 Å². The fourth-order valence-corrected chi connectivity index (χ4v) is 2.16. The summed E-state index contributed by atoms with van der Waals surface area (Å²) in [6, 6.07) is 0. The van der Waals surface area contributed by atoms with Gasteiger partial charge in [-0.1, -0.05) is 11.8 Å². The second-order valence-electron chi connectivity index (χ2n) is 3.73. The summed E-state index contributed by atoms with van der Waals surface area (Å²) in [5, 5.41) is 17.2. The number of hydrogen-bond acceptors (Lipinski definition) is 5. The first kappa shape index (κ1) is 12.5. The Morgan fingerprint density at radius 2 is 2.40 bits per heavy atom. The van der Waals surface area contributed by atoms with E-state index >= 15 is 0 Å². The zero-order valence-electron chi connectivity index (χ0n) is 9.40. The summed E-state index contributed by atoms with van der Waals surface area (Å²) < 4.78 is 1.75. The summed E-state index contributed by atoms with van der Waals surface area (Å²) in [4.78, 5) is 4.12. The van der Waals surface area contributed by atoms with E-state index in [1.165, 1.54) is 0 Å². The molecule has 0 aromatic carbocycles. The van der Waals surface area contributed by atoms with Gasteiger partial charge in [-0.3, -0.25) is 0 Å². The van der Waals surface area contributed by atoms with E-state index in [4.69, 9.17) is 0 Å². The van der Waals surface area contributed by atoms with Crippen molar-refractivity contribution < 1.29 is 5.11 Å². The third kappa shape index (κ3) is 3.48. The largest absolute Gasteiger partial charge is 0.394 e. The van der Waals surface area contributed by atoms with Crippen molar-refractivity contribution in [3.05, 3.63) is 6.33 Å². The van der Waals surface area contributed by atoms with E-state index in [0.29, 0.717) is 0 Å². The zero-order valence-corrected chi connectivity index (χ0v) is 10.2. The van der Waals surface area contributed by atoms with Gasteiger partial charge < -0.3 is 10.4 Å². The molecule has 0 saturated heterocycles. The van der Waals surface area contributed by atoms with Crippen LogP contribution >= 0.6 is 11.8 Å². The van der Waals surface area contributed by atoms with Crippen LogP contribution in [-0.2, 0) is 7.05 Å². The molecule has 1 rings (SSSR count). The van der Waals surface area contributed by atoms with Gasteiger partial charge in [-0.2, -0.15) is 5.10 Å². The van der Waals surface area contributed by atoms with Gasteiger partial charge in [0.1, 0.15) is 6.33 Å². The highest BCUT2D eigenvalue weighted by molar-refractivity contribution is 7.99. The lowest BCUT2D eigenvalue weighted by Crippen LogP contribution is -2.43. The van der Waals surface area contributed by atoms with Crippen molar-refractivity contribution >= 4 is 11.8 Å². The topological polar surface area (TPSA) is 63.0 Å². The predicted octanol–water partition coefficient (Wildman–Crippen LogP) is 0.268. The van der Waals surface area contributed by atoms with Crippen LogP contribution < -0.4 is 5.32 Å². The van der Waals surface area contributed by atoms with E-state index in [0.717, 1.165) is 17.3 Å². The van der Waals surface area contributed by atoms with Gasteiger partial charge in [0.05, 0.1) is 6.61 Å². The molecule has 0 aliphatic heterocycles. The fraction of sp³-hybridized carbons (Fsp3) is 0.778. The van der Waals surface area contributed by atoms with Crippen molar-refractivity contribution in [2.24, 2.45) is 7.05 Å². The molecule has 1 unspecified atom stereocenters. The van der Waals surface area contributed by atoms with E-state index in [-0.39, 0.29) is 12.1 Å². The molecule has 0 spiro atoms. The van der Waals surface area contributed by atoms with E-state index in [1.807, 2.05) is 21.0 Å². The molecular formula is C9H18N4OS. The second-order valence-corrected chi connectivity index (χ2v) is 4.80. The summed E-state index contributed by atoms with van der Waals surface area (Å²) >= 11 is 1.65. The van der Waals surface area contributed by atoms with Gasteiger partial charge in [0.25, 0.3) is 0 Å². The summed E-state index contributed by atoms with van der Waals surface area (Å²) in [7, 11) is 3.74. The molecule has 86 valence electrons. The Morgan fingerprint density at radius 3 is 2.87 bits per heavy atom. The Morgan fingerprint density at radius 1 is 1.67 bits per heavy atom. The van der Waals surface area contributed by atoms with Crippen molar-refractivity contribution in [1.82, 2.24) is 20.1 Å². The standard InChI is InChI=1S/C9H18N4OS/c1-9(6-14,10-2)4-5-15-8-11-7-12-13(8)3/h7,10,14H,4-6H2,1-3H3. The highest BCUT2D eigenvalue weighted by Gasteiger charge is 2.20. The maximum Gasteiger partial charge on any atom is 0.185 e. The number of aliphatic hydroxyl groups excluding tert-OH is 1. The molecule has 0 aliphatic rings. The minimum atomic E-state index is -0.203. The highest BCUT2D eigenvalue weighted by Crippen LogP contribution is 2.18. The molecule has 5 nitrogen and oxygen atoms in total. The third-order valence-electron chi connectivity index (χ3n) is 2.51. The molecule has 15 heavy (non-hydrogen) atoms. The number of aryl methyl sites for hydroxylation is 1. The first-order valence-corrected chi connectivity index (χ1v) is 5.86. The van der Waals surface area contributed by atoms with E-state index in [9.17, 15) is 5.11 Å². The first-order valence-electron chi connectivity index (χ1n) is 4.88. The van der Waals surface area contributed by atoms with E-state index in [2.05, 4.69) is 15.4 Å². The van der Waals surface area contributed by atoms with Crippen LogP contribution in [0, 0.1) is 0 Å². The van der Waals surface area contributed by atoms with Crippen LogP contribution in [0.25, 0.3) is 0 Å². The van der Waals surface area contributed by atoms with Gasteiger partial charge in [-0.05, 0) is 20.4 Å². The van der Waals surface area contributed by atoms with Crippen LogP contribution in [0.4, 0.5) is 0 Å². The fourth-order valence-electron chi connectivity index (χ4n) is 1.07. The number of aromatic nitrogens is 3. The lowest BCUT2D eigenvalue weighted by molar-refractivity contribution is 0.179. The number of thioether (sulfide) groups is 1. The van der Waals surface area contributed by atoms with Gasteiger partial charge in [0.15, 0.2) is 5.16 Å². The average molecular weight is 230 g/mol. The monoisotopic (exact) mass is 230 g/mol. The Balaban J connectivity index is 2.36. The zero-order chi connectivity index (χ0) is 11.3. The average Bonchev–Trinajstić information content (AvgIpc) is 2.64. The van der Waals surface area contributed by atoms with Gasteiger partial charge in [-0.15, -0.1) is 0 Å². The molecule has 0 aliphatic carbocycles. The van der Waals surface area contributed by atoms with E-state index < -0.39 is 0 Å². The number of likely N-dealkylation sites (N-methyl/N-ethyl adjacent to an activating group) is 1. The molecule has 6 heteroatoms. The smallest absolute Gasteiger partial charge is 0.185 e. The minimum absolute atomic E-state index is 0.142. The Kier molecular flexibility index (Phi) is 4.56. The van der Waals surface area contributed by atoms with Crippen molar-refractivity contribution in [2.45, 2.75) is 24.0 Å². The molecule has 0 radical (unpaired) electrons. The van der Waals surface area contributed by atoms with Gasteiger partial charge in [0.2, 0.25) is 0 Å². The molecule has 1 aromatic rings. The summed E-state index contributed by atoms with van der Waals surface area (Å²) in [5.41, 5.74) is -0.203. The van der Waals surface area contributed by atoms with Crippen molar-refractivity contribution in [3.63, 3.8) is 0 Å². The van der Waals surface area contributed by atoms with Crippen LogP contribution in [0.2, 0.25) is 0 Å². The van der Waals surface area contributed by atoms with Gasteiger partial charge in [-0.25, -0.2) is 9.67 Å². The molecule has 0 bridgehead atoms. The van der Waals surface area contributed by atoms with Crippen LogP contribution in [0.15, 0.2) is 11.5 Å².